The summed E-state index contributed by atoms with van der Waals surface area (Å²) < 4.78 is 49.8. The summed E-state index contributed by atoms with van der Waals surface area (Å²) in [7, 11) is 0. The lowest BCUT2D eigenvalue weighted by Gasteiger charge is -2.06. The predicted molar refractivity (Wildman–Crippen MR) is 74.7 cm³/mol. The fourth-order valence-electron chi connectivity index (χ4n) is 1.73. The first-order valence-electron chi connectivity index (χ1n) is 6.72. The van der Waals surface area contributed by atoms with Gasteiger partial charge in [-0.3, -0.25) is 14.7 Å². The fourth-order valence-corrected chi connectivity index (χ4v) is 1.73. The molecular formula is C14H12F4N4O2. The number of benzene rings is 1. The second-order valence-corrected chi connectivity index (χ2v) is 4.68. The van der Waals surface area contributed by atoms with Gasteiger partial charge in [0.15, 0.2) is 5.69 Å². The summed E-state index contributed by atoms with van der Waals surface area (Å²) in [5.41, 5.74) is -1.30. The number of H-pyrrole nitrogens is 1. The van der Waals surface area contributed by atoms with Crippen LogP contribution < -0.4 is 10.6 Å². The minimum Gasteiger partial charge on any atom is -0.350 e. The molecule has 0 unspecified atom stereocenters. The number of amides is 2. The summed E-state index contributed by atoms with van der Waals surface area (Å²) >= 11 is 0. The Morgan fingerprint density at radius 3 is 2.17 bits per heavy atom. The highest BCUT2D eigenvalue weighted by Gasteiger charge is 2.33. The zero-order valence-corrected chi connectivity index (χ0v) is 12.1. The third-order valence-corrected chi connectivity index (χ3v) is 2.92. The molecular weight excluding hydrogens is 332 g/mol. The molecule has 2 amide bonds. The van der Waals surface area contributed by atoms with Crippen molar-refractivity contribution in [2.45, 2.75) is 6.18 Å². The average molecular weight is 344 g/mol. The summed E-state index contributed by atoms with van der Waals surface area (Å²) in [6.07, 6.45) is -4.62. The molecule has 0 spiro atoms. The standard InChI is InChI=1S/C14H12F4N4O2/c15-9-3-1-8(2-4-9)12(23)19-5-6-20-13(24)10-7-11(22-21-10)14(16,17)18/h1-4,7H,5-6H2,(H,19,23)(H,20,24)(H,21,22). The quantitative estimate of drug-likeness (QED) is 0.570. The zero-order valence-electron chi connectivity index (χ0n) is 12.1. The van der Waals surface area contributed by atoms with Crippen molar-refractivity contribution in [2.75, 3.05) is 13.1 Å². The Morgan fingerprint density at radius 1 is 1.04 bits per heavy atom. The summed E-state index contributed by atoms with van der Waals surface area (Å²) in [5.74, 6) is -1.75. The highest BCUT2D eigenvalue weighted by Crippen LogP contribution is 2.27. The van der Waals surface area contributed by atoms with Crippen molar-refractivity contribution in [1.29, 1.82) is 0 Å². The van der Waals surface area contributed by atoms with Crippen LogP contribution >= 0.6 is 0 Å². The summed E-state index contributed by atoms with van der Waals surface area (Å²) in [6.45, 7) is 0.0263. The molecule has 0 radical (unpaired) electrons. The van der Waals surface area contributed by atoms with E-state index in [9.17, 15) is 27.2 Å². The van der Waals surface area contributed by atoms with Gasteiger partial charge in [0, 0.05) is 24.7 Å². The van der Waals surface area contributed by atoms with E-state index in [-0.39, 0.29) is 18.7 Å². The van der Waals surface area contributed by atoms with Crippen LogP contribution in [0.15, 0.2) is 30.3 Å². The molecule has 0 fully saturated rings. The molecule has 24 heavy (non-hydrogen) atoms. The molecule has 2 rings (SSSR count). The molecule has 10 heteroatoms. The molecule has 0 atom stereocenters. The molecule has 2 aromatic rings. The van der Waals surface area contributed by atoms with E-state index in [1.54, 1.807) is 5.10 Å². The Morgan fingerprint density at radius 2 is 1.62 bits per heavy atom. The number of rotatable bonds is 5. The number of nitrogens with one attached hydrogen (secondary N) is 3. The highest BCUT2D eigenvalue weighted by molar-refractivity contribution is 5.94. The monoisotopic (exact) mass is 344 g/mol. The van der Waals surface area contributed by atoms with E-state index < -0.39 is 35.2 Å². The summed E-state index contributed by atoms with van der Waals surface area (Å²) in [5, 5.41) is 9.78. The molecule has 6 nitrogen and oxygen atoms in total. The highest BCUT2D eigenvalue weighted by atomic mass is 19.4. The Balaban J connectivity index is 1.77. The molecule has 3 N–H and O–H groups in total. The molecule has 1 aromatic heterocycles. The fraction of sp³-hybridized carbons (Fsp3) is 0.214. The van der Waals surface area contributed by atoms with Crippen molar-refractivity contribution in [3.05, 3.63) is 53.1 Å². The Bertz CT molecular complexity index is 725. The Labute approximate surface area is 133 Å². The first-order chi connectivity index (χ1) is 11.3. The number of carbonyl (C=O) groups is 2. The van der Waals surface area contributed by atoms with Crippen LogP contribution in [0.5, 0.6) is 0 Å². The van der Waals surface area contributed by atoms with E-state index in [0.29, 0.717) is 6.07 Å². The van der Waals surface area contributed by atoms with E-state index in [1.165, 1.54) is 12.1 Å². The van der Waals surface area contributed by atoms with Crippen molar-refractivity contribution in [3.63, 3.8) is 0 Å². The number of aromatic nitrogens is 2. The van der Waals surface area contributed by atoms with Gasteiger partial charge in [-0.1, -0.05) is 0 Å². The lowest BCUT2D eigenvalue weighted by atomic mass is 10.2. The maximum atomic E-state index is 12.7. The first kappa shape index (κ1) is 17.4. The minimum absolute atomic E-state index is 0.0139. The molecule has 0 aliphatic carbocycles. The molecule has 0 bridgehead atoms. The molecule has 0 saturated heterocycles. The van der Waals surface area contributed by atoms with Crippen molar-refractivity contribution < 1.29 is 27.2 Å². The number of aromatic amines is 1. The van der Waals surface area contributed by atoms with Crippen LogP contribution in [0.3, 0.4) is 0 Å². The molecule has 128 valence electrons. The van der Waals surface area contributed by atoms with Gasteiger partial charge in [0.1, 0.15) is 11.5 Å². The predicted octanol–water partition coefficient (Wildman–Crippen LogP) is 1.73. The number of alkyl halides is 3. The lowest BCUT2D eigenvalue weighted by molar-refractivity contribution is -0.141. The Kier molecular flexibility index (Phi) is 5.17. The van der Waals surface area contributed by atoms with Gasteiger partial charge in [-0.25, -0.2) is 4.39 Å². The van der Waals surface area contributed by atoms with E-state index in [0.717, 1.165) is 12.1 Å². The summed E-state index contributed by atoms with van der Waals surface area (Å²) in [6, 6.07) is 5.45. The maximum absolute atomic E-state index is 12.7. The second-order valence-electron chi connectivity index (χ2n) is 4.68. The van der Waals surface area contributed by atoms with Gasteiger partial charge in [-0.2, -0.15) is 18.3 Å². The van der Waals surface area contributed by atoms with Gasteiger partial charge in [0.2, 0.25) is 0 Å². The molecule has 0 aliphatic rings. The molecule has 1 aromatic carbocycles. The van der Waals surface area contributed by atoms with Gasteiger partial charge in [0.05, 0.1) is 0 Å². The summed E-state index contributed by atoms with van der Waals surface area (Å²) in [4.78, 5) is 23.3. The maximum Gasteiger partial charge on any atom is 0.432 e. The van der Waals surface area contributed by atoms with Crippen molar-refractivity contribution in [3.8, 4) is 0 Å². The van der Waals surface area contributed by atoms with Crippen LogP contribution in [0.4, 0.5) is 17.6 Å². The zero-order chi connectivity index (χ0) is 17.7. The third kappa shape index (κ3) is 4.54. The van der Waals surface area contributed by atoms with E-state index in [1.807, 2.05) is 0 Å². The van der Waals surface area contributed by atoms with Gasteiger partial charge in [0.25, 0.3) is 11.8 Å². The smallest absolute Gasteiger partial charge is 0.350 e. The van der Waals surface area contributed by atoms with Gasteiger partial charge in [-0.05, 0) is 24.3 Å². The third-order valence-electron chi connectivity index (χ3n) is 2.92. The SMILES string of the molecule is O=C(NCCNC(=O)c1cc(C(F)(F)F)[nH]n1)c1ccc(F)cc1. The number of hydrogen-bond acceptors (Lipinski definition) is 3. The van der Waals surface area contributed by atoms with Crippen LogP contribution in [0.25, 0.3) is 0 Å². The van der Waals surface area contributed by atoms with E-state index >= 15 is 0 Å². The average Bonchev–Trinajstić information content (AvgIpc) is 3.02. The van der Waals surface area contributed by atoms with Crippen LogP contribution in [-0.2, 0) is 6.18 Å². The normalized spacial score (nSPS) is 11.2. The van der Waals surface area contributed by atoms with E-state index in [4.69, 9.17) is 0 Å². The molecule has 0 saturated carbocycles. The number of carbonyl (C=O) groups excluding carboxylic acids is 2. The van der Waals surface area contributed by atoms with Gasteiger partial charge < -0.3 is 10.6 Å². The van der Waals surface area contributed by atoms with Crippen molar-refractivity contribution in [2.24, 2.45) is 0 Å². The van der Waals surface area contributed by atoms with Crippen LogP contribution in [0, 0.1) is 5.82 Å². The van der Waals surface area contributed by atoms with Crippen molar-refractivity contribution in [1.82, 2.24) is 20.8 Å². The minimum atomic E-state index is -4.62. The Hall–Kier alpha value is -2.91. The van der Waals surface area contributed by atoms with Crippen LogP contribution in [-0.4, -0.2) is 35.1 Å². The first-order valence-corrected chi connectivity index (χ1v) is 6.72. The van der Waals surface area contributed by atoms with Crippen molar-refractivity contribution >= 4 is 11.8 Å². The van der Waals surface area contributed by atoms with Crippen LogP contribution in [0.2, 0.25) is 0 Å². The van der Waals surface area contributed by atoms with Gasteiger partial charge in [-0.15, -0.1) is 0 Å². The lowest BCUT2D eigenvalue weighted by Crippen LogP contribution is -2.34. The molecule has 1 heterocycles. The topological polar surface area (TPSA) is 86.9 Å². The second kappa shape index (κ2) is 7.11. The number of hydrogen-bond donors (Lipinski definition) is 3. The van der Waals surface area contributed by atoms with E-state index in [2.05, 4.69) is 15.7 Å². The largest absolute Gasteiger partial charge is 0.432 e. The van der Waals surface area contributed by atoms with Gasteiger partial charge >= 0.3 is 6.18 Å². The number of halogens is 4. The number of nitrogens with zero attached hydrogens (tertiary/aromatic N) is 1. The molecule has 0 aliphatic heterocycles. The van der Waals surface area contributed by atoms with Crippen LogP contribution in [0.1, 0.15) is 26.5 Å².